The van der Waals surface area contributed by atoms with Gasteiger partial charge in [-0.15, -0.1) is 0 Å². The maximum Gasteiger partial charge on any atom is 0.132 e. The van der Waals surface area contributed by atoms with Crippen LogP contribution in [0.1, 0.15) is 18.6 Å². The Morgan fingerprint density at radius 1 is 1.67 bits per heavy atom. The summed E-state index contributed by atoms with van der Waals surface area (Å²) in [6, 6.07) is 4.26. The van der Waals surface area contributed by atoms with E-state index >= 15 is 0 Å². The third kappa shape index (κ3) is 3.53. The van der Waals surface area contributed by atoms with Crippen molar-refractivity contribution < 1.29 is 14.2 Å². The van der Waals surface area contributed by atoms with Crippen LogP contribution in [0.15, 0.2) is 29.8 Å². The van der Waals surface area contributed by atoms with E-state index in [2.05, 4.69) is 6.58 Å². The molecule has 0 fully saturated rings. The van der Waals surface area contributed by atoms with Gasteiger partial charge in [0.25, 0.3) is 0 Å². The van der Waals surface area contributed by atoms with E-state index in [1.165, 1.54) is 19.1 Å². The molecule has 15 heavy (non-hydrogen) atoms. The van der Waals surface area contributed by atoms with E-state index in [1.54, 1.807) is 6.07 Å². The molecule has 0 heterocycles. The molecule has 1 atom stereocenters. The summed E-state index contributed by atoms with van der Waals surface area (Å²) in [7, 11) is 0. The molecular formula is C11H12ClFO2. The van der Waals surface area contributed by atoms with Gasteiger partial charge in [-0.2, -0.15) is 0 Å². The van der Waals surface area contributed by atoms with E-state index < -0.39 is 11.9 Å². The summed E-state index contributed by atoms with van der Waals surface area (Å²) in [5, 5.41) is 9.54. The van der Waals surface area contributed by atoms with E-state index in [4.69, 9.17) is 16.3 Å². The second-order valence-corrected chi connectivity index (χ2v) is 3.70. The minimum absolute atomic E-state index is 0.134. The zero-order valence-electron chi connectivity index (χ0n) is 8.34. The largest absolute Gasteiger partial charge is 0.488 e. The van der Waals surface area contributed by atoms with Crippen LogP contribution in [0.25, 0.3) is 0 Å². The molecule has 0 radical (unpaired) electrons. The highest BCUT2D eigenvalue weighted by Crippen LogP contribution is 2.22. The molecule has 0 amide bonds. The van der Waals surface area contributed by atoms with Gasteiger partial charge in [-0.3, -0.25) is 0 Å². The standard InChI is InChI=1S/C11H12ClFO2/c1-7(12)6-15-9-3-4-10(8(2)14)11(13)5-9/h3-5,8,14H,1,6H2,2H3. The normalized spacial score (nSPS) is 12.3. The fourth-order valence-corrected chi connectivity index (χ4v) is 1.15. The second kappa shape index (κ2) is 5.14. The van der Waals surface area contributed by atoms with Crippen molar-refractivity contribution in [2.45, 2.75) is 13.0 Å². The van der Waals surface area contributed by atoms with Crippen molar-refractivity contribution in [2.75, 3.05) is 6.61 Å². The van der Waals surface area contributed by atoms with Gasteiger partial charge in [-0.05, 0) is 19.1 Å². The SMILES string of the molecule is C=C(Cl)COc1ccc(C(C)O)c(F)c1. The van der Waals surface area contributed by atoms with Crippen molar-refractivity contribution >= 4 is 11.6 Å². The van der Waals surface area contributed by atoms with Gasteiger partial charge in [0.1, 0.15) is 18.2 Å². The van der Waals surface area contributed by atoms with Gasteiger partial charge < -0.3 is 9.84 Å². The molecule has 0 aliphatic heterocycles. The van der Waals surface area contributed by atoms with Gasteiger partial charge in [-0.1, -0.05) is 18.2 Å². The summed E-state index contributed by atoms with van der Waals surface area (Å²) >= 11 is 5.50. The van der Waals surface area contributed by atoms with Gasteiger partial charge in [-0.25, -0.2) is 4.39 Å². The molecule has 0 aliphatic rings. The molecule has 1 aromatic carbocycles. The molecule has 82 valence electrons. The Balaban J connectivity index is 2.77. The van der Waals surface area contributed by atoms with Gasteiger partial charge >= 0.3 is 0 Å². The van der Waals surface area contributed by atoms with Crippen LogP contribution in [0, 0.1) is 5.82 Å². The molecule has 0 saturated carbocycles. The molecule has 0 saturated heterocycles. The summed E-state index contributed by atoms with van der Waals surface area (Å²) in [4.78, 5) is 0. The lowest BCUT2D eigenvalue weighted by atomic mass is 10.1. The second-order valence-electron chi connectivity index (χ2n) is 3.17. The van der Waals surface area contributed by atoms with E-state index in [1.807, 2.05) is 0 Å². The first-order chi connectivity index (χ1) is 7.00. The summed E-state index contributed by atoms with van der Waals surface area (Å²) in [6.07, 6.45) is -0.831. The quantitative estimate of drug-likeness (QED) is 0.862. The van der Waals surface area contributed by atoms with E-state index in [-0.39, 0.29) is 12.2 Å². The number of halogens is 2. The molecule has 0 aromatic heterocycles. The molecule has 4 heteroatoms. The van der Waals surface area contributed by atoms with Crippen molar-refractivity contribution in [1.29, 1.82) is 0 Å². The van der Waals surface area contributed by atoms with E-state index in [9.17, 15) is 9.50 Å². The molecule has 0 aliphatic carbocycles. The number of hydrogen-bond acceptors (Lipinski definition) is 2. The van der Waals surface area contributed by atoms with Crippen molar-refractivity contribution in [1.82, 2.24) is 0 Å². The Morgan fingerprint density at radius 3 is 2.80 bits per heavy atom. The van der Waals surface area contributed by atoms with E-state index in [0.29, 0.717) is 10.8 Å². The first-order valence-electron chi connectivity index (χ1n) is 4.44. The molecule has 1 aromatic rings. The first kappa shape index (κ1) is 12.0. The summed E-state index contributed by atoms with van der Waals surface area (Å²) in [6.45, 7) is 5.08. The summed E-state index contributed by atoms with van der Waals surface area (Å²) in [5.41, 5.74) is 0.243. The predicted molar refractivity (Wildman–Crippen MR) is 57.5 cm³/mol. The van der Waals surface area contributed by atoms with Gasteiger partial charge in [0.15, 0.2) is 0 Å². The van der Waals surface area contributed by atoms with Gasteiger partial charge in [0, 0.05) is 16.7 Å². The Morgan fingerprint density at radius 2 is 2.33 bits per heavy atom. The van der Waals surface area contributed by atoms with E-state index in [0.717, 1.165) is 0 Å². The van der Waals surface area contributed by atoms with Crippen LogP contribution in [-0.4, -0.2) is 11.7 Å². The zero-order valence-corrected chi connectivity index (χ0v) is 9.09. The lowest BCUT2D eigenvalue weighted by Crippen LogP contribution is -1.99. The van der Waals surface area contributed by atoms with Crippen LogP contribution in [0.3, 0.4) is 0 Å². The zero-order chi connectivity index (χ0) is 11.4. The van der Waals surface area contributed by atoms with Crippen molar-refractivity contribution in [3.63, 3.8) is 0 Å². The fourth-order valence-electron chi connectivity index (χ4n) is 1.10. The Labute approximate surface area is 92.9 Å². The number of aliphatic hydroxyl groups is 1. The minimum Gasteiger partial charge on any atom is -0.488 e. The predicted octanol–water partition coefficient (Wildman–Crippen LogP) is 3.01. The number of rotatable bonds is 4. The summed E-state index contributed by atoms with van der Waals surface area (Å²) < 4.78 is 18.5. The highest BCUT2D eigenvalue weighted by molar-refractivity contribution is 6.29. The van der Waals surface area contributed by atoms with Crippen molar-refractivity contribution in [3.8, 4) is 5.75 Å². The molecular weight excluding hydrogens is 219 g/mol. The Hall–Kier alpha value is -1.06. The number of benzene rings is 1. The lowest BCUT2D eigenvalue weighted by molar-refractivity contribution is 0.194. The molecule has 1 N–H and O–H groups in total. The average molecular weight is 231 g/mol. The highest BCUT2D eigenvalue weighted by atomic mass is 35.5. The average Bonchev–Trinajstić information content (AvgIpc) is 2.14. The minimum atomic E-state index is -0.831. The van der Waals surface area contributed by atoms with Gasteiger partial charge in [0.2, 0.25) is 0 Å². The highest BCUT2D eigenvalue weighted by Gasteiger charge is 2.08. The maximum atomic E-state index is 13.3. The monoisotopic (exact) mass is 230 g/mol. The third-order valence-corrected chi connectivity index (χ3v) is 1.93. The molecule has 1 unspecified atom stereocenters. The van der Waals surface area contributed by atoms with Crippen LogP contribution in [0.4, 0.5) is 4.39 Å². The topological polar surface area (TPSA) is 29.5 Å². The Kier molecular flexibility index (Phi) is 4.12. The smallest absolute Gasteiger partial charge is 0.132 e. The third-order valence-electron chi connectivity index (χ3n) is 1.82. The van der Waals surface area contributed by atoms with Crippen LogP contribution in [0.5, 0.6) is 5.75 Å². The van der Waals surface area contributed by atoms with Crippen LogP contribution >= 0.6 is 11.6 Å². The molecule has 2 nitrogen and oxygen atoms in total. The number of aliphatic hydroxyl groups excluding tert-OH is 1. The summed E-state index contributed by atoms with van der Waals surface area (Å²) in [5.74, 6) is -0.138. The Bertz CT molecular complexity index is 364. The maximum absolute atomic E-state index is 13.3. The molecule has 0 bridgehead atoms. The number of hydrogen-bond donors (Lipinski definition) is 1. The lowest BCUT2D eigenvalue weighted by Gasteiger charge is -2.09. The van der Waals surface area contributed by atoms with Gasteiger partial charge in [0.05, 0.1) is 6.10 Å². The van der Waals surface area contributed by atoms with Crippen LogP contribution in [0.2, 0.25) is 0 Å². The van der Waals surface area contributed by atoms with Crippen molar-refractivity contribution in [2.24, 2.45) is 0 Å². The number of ether oxygens (including phenoxy) is 1. The molecule has 1 rings (SSSR count). The first-order valence-corrected chi connectivity index (χ1v) is 4.82. The fraction of sp³-hybridized carbons (Fsp3) is 0.273. The molecule has 0 spiro atoms. The van der Waals surface area contributed by atoms with Crippen LogP contribution in [-0.2, 0) is 0 Å². The van der Waals surface area contributed by atoms with Crippen molar-refractivity contribution in [3.05, 3.63) is 41.2 Å². The van der Waals surface area contributed by atoms with Crippen LogP contribution < -0.4 is 4.74 Å².